The first kappa shape index (κ1) is 162. The summed E-state index contributed by atoms with van der Waals surface area (Å²) in [4.78, 5) is 0. The molecular formula is H7BO2Zn. The Balaban J connectivity index is 0. The van der Waals surface area contributed by atoms with E-state index in [9.17, 15) is 0 Å². The van der Waals surface area contributed by atoms with E-state index in [0.29, 0.717) is 0 Å². The van der Waals surface area contributed by atoms with E-state index in [1.807, 2.05) is 0 Å². The van der Waals surface area contributed by atoms with Crippen LogP contribution in [-0.4, -0.2) is 19.4 Å². The third kappa shape index (κ3) is 18.2. The van der Waals surface area contributed by atoms with Gasteiger partial charge in [0.2, 0.25) is 0 Å². The maximum Gasteiger partial charge on any atom is 0.0814 e. The van der Waals surface area contributed by atoms with Crippen molar-refractivity contribution < 1.29 is 30.4 Å². The topological polar surface area (TPSA) is 63.0 Å². The van der Waals surface area contributed by atoms with E-state index in [0.717, 1.165) is 0 Å². The van der Waals surface area contributed by atoms with Crippen LogP contribution in [0.25, 0.3) is 0 Å². The predicted octanol–water partition coefficient (Wildman–Crippen LogP) is -2.84. The molecule has 4 heavy (non-hydrogen) atoms. The zero-order valence-electron chi connectivity index (χ0n) is 1.71. The molecule has 0 heterocycles. The summed E-state index contributed by atoms with van der Waals surface area (Å²) in [6.45, 7) is 0. The van der Waals surface area contributed by atoms with Crippen LogP contribution in [0, 0.1) is 0 Å². The Morgan fingerprint density at radius 1 is 0.750 bits per heavy atom. The van der Waals surface area contributed by atoms with Crippen molar-refractivity contribution in [3.8, 4) is 0 Å². The van der Waals surface area contributed by atoms with E-state index >= 15 is 0 Å². The summed E-state index contributed by atoms with van der Waals surface area (Å²) in [6.07, 6.45) is 0. The molecule has 0 spiro atoms. The molecule has 0 aliphatic rings. The molecule has 0 aromatic heterocycles. The van der Waals surface area contributed by atoms with E-state index < -0.39 is 0 Å². The molecule has 24 valence electrons. The molecule has 0 bridgehead atoms. The van der Waals surface area contributed by atoms with Crippen LogP contribution >= 0.6 is 0 Å². The molecule has 0 aliphatic carbocycles. The minimum atomic E-state index is 0. The van der Waals surface area contributed by atoms with Gasteiger partial charge in [-0.15, -0.1) is 0 Å². The first-order chi connectivity index (χ1) is 0. The van der Waals surface area contributed by atoms with Crippen molar-refractivity contribution in [3.63, 3.8) is 0 Å². The van der Waals surface area contributed by atoms with E-state index in [2.05, 4.69) is 0 Å². The monoisotopic (exact) mass is 114 g/mol. The van der Waals surface area contributed by atoms with Gasteiger partial charge in [0.25, 0.3) is 0 Å². The van der Waals surface area contributed by atoms with Gasteiger partial charge in [-0.2, -0.15) is 0 Å². The molecule has 4 N–H and O–H groups in total. The SMILES string of the molecule is B.O.O.[Zn]. The van der Waals surface area contributed by atoms with Crippen LogP contribution in [0.4, 0.5) is 0 Å². The van der Waals surface area contributed by atoms with Gasteiger partial charge in [0.05, 0.1) is 8.41 Å². The number of hydrogen-bond acceptors (Lipinski definition) is 0. The van der Waals surface area contributed by atoms with Crippen molar-refractivity contribution in [2.24, 2.45) is 0 Å². The Morgan fingerprint density at radius 3 is 0.750 bits per heavy atom. The van der Waals surface area contributed by atoms with E-state index in [1.54, 1.807) is 0 Å². The molecule has 0 aliphatic heterocycles. The smallest absolute Gasteiger partial charge is 0.0814 e. The fourth-order valence-corrected chi connectivity index (χ4v) is 0. The van der Waals surface area contributed by atoms with Crippen LogP contribution in [0.15, 0.2) is 0 Å². The summed E-state index contributed by atoms with van der Waals surface area (Å²) in [5.41, 5.74) is 0. The van der Waals surface area contributed by atoms with Gasteiger partial charge in [-0.25, -0.2) is 0 Å². The van der Waals surface area contributed by atoms with E-state index in [1.165, 1.54) is 0 Å². The summed E-state index contributed by atoms with van der Waals surface area (Å²) >= 11 is 0. The normalized spacial score (nSPS) is 0. The molecule has 0 aromatic rings. The summed E-state index contributed by atoms with van der Waals surface area (Å²) in [6, 6.07) is 0. The van der Waals surface area contributed by atoms with Crippen molar-refractivity contribution in [2.75, 3.05) is 0 Å². The van der Waals surface area contributed by atoms with Gasteiger partial charge < -0.3 is 11.0 Å². The summed E-state index contributed by atoms with van der Waals surface area (Å²) < 4.78 is 0. The van der Waals surface area contributed by atoms with Gasteiger partial charge in [-0.3, -0.25) is 0 Å². The molecule has 0 aromatic carbocycles. The van der Waals surface area contributed by atoms with Crippen molar-refractivity contribution in [2.45, 2.75) is 0 Å². The second-order valence-corrected chi connectivity index (χ2v) is 0. The summed E-state index contributed by atoms with van der Waals surface area (Å²) in [5.74, 6) is 0. The summed E-state index contributed by atoms with van der Waals surface area (Å²) in [7, 11) is 0. The van der Waals surface area contributed by atoms with Gasteiger partial charge in [0.15, 0.2) is 0 Å². The standard InChI is InChI=1S/BH3.2H2O.Zn/h1H3;2*1H2;. The molecular weight excluding hydrogens is 108 g/mol. The van der Waals surface area contributed by atoms with Gasteiger partial charge in [-0.05, 0) is 0 Å². The fourth-order valence-electron chi connectivity index (χ4n) is 0. The third-order valence-corrected chi connectivity index (χ3v) is 0. The van der Waals surface area contributed by atoms with E-state index in [4.69, 9.17) is 0 Å². The first-order valence-electron chi connectivity index (χ1n) is 0. The minimum absolute atomic E-state index is 0. The zero-order chi connectivity index (χ0) is 0. The Hall–Kier alpha value is 0.608. The Kier molecular flexibility index (Phi) is 2690. The fraction of sp³-hybridized carbons (Fsp3) is 0. The molecule has 0 saturated heterocycles. The molecule has 0 fully saturated rings. The third-order valence-electron chi connectivity index (χ3n) is 0. The van der Waals surface area contributed by atoms with Crippen LogP contribution in [0.5, 0.6) is 0 Å². The van der Waals surface area contributed by atoms with Crippen LogP contribution in [0.2, 0.25) is 0 Å². The maximum absolute atomic E-state index is 0. The van der Waals surface area contributed by atoms with Crippen LogP contribution in [0.1, 0.15) is 0 Å². The Labute approximate surface area is 39.5 Å². The molecule has 2 nitrogen and oxygen atoms in total. The van der Waals surface area contributed by atoms with Gasteiger partial charge in [-0.1, -0.05) is 0 Å². The van der Waals surface area contributed by atoms with Crippen LogP contribution in [0.3, 0.4) is 0 Å². The first-order valence-corrected chi connectivity index (χ1v) is 0. The van der Waals surface area contributed by atoms with Crippen molar-refractivity contribution >= 4 is 8.41 Å². The molecule has 4 heteroatoms. The zero-order valence-corrected chi connectivity index (χ0v) is 4.67. The quantitative estimate of drug-likeness (QED) is 0.305. The van der Waals surface area contributed by atoms with Crippen molar-refractivity contribution in [1.29, 1.82) is 0 Å². The predicted molar refractivity (Wildman–Crippen MR) is 17.2 cm³/mol. The van der Waals surface area contributed by atoms with Gasteiger partial charge in [0, 0.05) is 19.5 Å². The molecule has 0 saturated carbocycles. The number of rotatable bonds is 0. The average Bonchev–Trinajstić information content (AvgIpc) is 0. The second kappa shape index (κ2) is 66.3. The van der Waals surface area contributed by atoms with Gasteiger partial charge in [0.1, 0.15) is 0 Å². The largest absolute Gasteiger partial charge is 0.412 e. The Morgan fingerprint density at radius 2 is 0.750 bits per heavy atom. The molecule has 0 atom stereocenters. The van der Waals surface area contributed by atoms with Gasteiger partial charge >= 0.3 is 0 Å². The maximum atomic E-state index is 0. The van der Waals surface area contributed by atoms with E-state index in [-0.39, 0.29) is 38.8 Å². The van der Waals surface area contributed by atoms with Crippen LogP contribution in [-0.2, 0) is 19.5 Å². The Bertz CT molecular complexity index is 6.00. The molecule has 0 amide bonds. The van der Waals surface area contributed by atoms with Crippen molar-refractivity contribution in [3.05, 3.63) is 0 Å². The average molecular weight is 115 g/mol. The number of hydrogen-bond donors (Lipinski definition) is 0. The second-order valence-electron chi connectivity index (χ2n) is 0. The molecule has 0 radical (unpaired) electrons. The summed E-state index contributed by atoms with van der Waals surface area (Å²) in [5, 5.41) is 0. The molecule has 0 unspecified atom stereocenters. The van der Waals surface area contributed by atoms with Crippen LogP contribution < -0.4 is 0 Å². The van der Waals surface area contributed by atoms with Crippen molar-refractivity contribution in [1.82, 2.24) is 0 Å². The minimum Gasteiger partial charge on any atom is -0.412 e. The molecule has 0 rings (SSSR count).